The van der Waals surface area contributed by atoms with Crippen LogP contribution in [0.1, 0.15) is 13.8 Å². The first-order valence-electron chi connectivity index (χ1n) is 4.47. The molecule has 0 aromatic carbocycles. The Balaban J connectivity index is 2.54. The molecule has 3 nitrogen and oxygen atoms in total. The number of rotatable bonds is 1. The van der Waals surface area contributed by atoms with Gasteiger partial charge in [0, 0.05) is 19.1 Å². The molecule has 6 heteroatoms. The Bertz CT molecular complexity index is 224. The van der Waals surface area contributed by atoms with Gasteiger partial charge in [-0.05, 0) is 13.8 Å². The molecule has 1 heterocycles. The van der Waals surface area contributed by atoms with E-state index in [2.05, 4.69) is 0 Å². The van der Waals surface area contributed by atoms with Crippen molar-refractivity contribution in [2.24, 2.45) is 0 Å². The highest BCUT2D eigenvalue weighted by Gasteiger charge is 2.40. The lowest BCUT2D eigenvalue weighted by molar-refractivity contribution is -0.0695. The molecule has 0 spiro atoms. The summed E-state index contributed by atoms with van der Waals surface area (Å²) in [6.45, 7) is 4.95. The van der Waals surface area contributed by atoms with Crippen LogP contribution < -0.4 is 0 Å². The van der Waals surface area contributed by atoms with Gasteiger partial charge in [-0.15, -0.1) is 0 Å². The monoisotopic (exact) mass is 209 g/mol. The molecule has 0 bridgehead atoms. The van der Waals surface area contributed by atoms with Crippen LogP contribution in [-0.2, 0) is 0 Å². The van der Waals surface area contributed by atoms with E-state index in [4.69, 9.17) is 5.41 Å². The SMILES string of the molecule is CC(C)N1CCN(C(=N)C(F)(F)F)C1. The normalized spacial score (nSPS) is 19.4. The van der Waals surface area contributed by atoms with E-state index < -0.39 is 12.0 Å². The van der Waals surface area contributed by atoms with E-state index in [0.717, 1.165) is 4.90 Å². The second-order valence-corrected chi connectivity index (χ2v) is 3.66. The zero-order valence-electron chi connectivity index (χ0n) is 8.23. The van der Waals surface area contributed by atoms with Crippen molar-refractivity contribution in [3.63, 3.8) is 0 Å². The van der Waals surface area contributed by atoms with Gasteiger partial charge in [-0.3, -0.25) is 10.3 Å². The van der Waals surface area contributed by atoms with E-state index >= 15 is 0 Å². The fraction of sp³-hybridized carbons (Fsp3) is 0.875. The summed E-state index contributed by atoms with van der Waals surface area (Å²) in [6, 6.07) is 0.223. The van der Waals surface area contributed by atoms with Crippen LogP contribution in [0.4, 0.5) is 13.2 Å². The molecule has 14 heavy (non-hydrogen) atoms. The first-order valence-corrected chi connectivity index (χ1v) is 4.47. The average molecular weight is 209 g/mol. The fourth-order valence-corrected chi connectivity index (χ4v) is 1.39. The lowest BCUT2D eigenvalue weighted by Gasteiger charge is -2.23. The maximum atomic E-state index is 12.1. The van der Waals surface area contributed by atoms with Gasteiger partial charge in [0.1, 0.15) is 0 Å². The highest BCUT2D eigenvalue weighted by Crippen LogP contribution is 2.21. The van der Waals surface area contributed by atoms with Gasteiger partial charge in [-0.1, -0.05) is 0 Å². The summed E-state index contributed by atoms with van der Waals surface area (Å²) >= 11 is 0. The summed E-state index contributed by atoms with van der Waals surface area (Å²) in [5.41, 5.74) is 0. The predicted molar refractivity (Wildman–Crippen MR) is 47.2 cm³/mol. The number of hydrogen-bond donors (Lipinski definition) is 1. The number of nitrogens with zero attached hydrogens (tertiary/aromatic N) is 2. The van der Waals surface area contributed by atoms with Crippen LogP contribution in [0.25, 0.3) is 0 Å². The average Bonchev–Trinajstić information content (AvgIpc) is 2.48. The molecule has 1 aliphatic heterocycles. The Hall–Kier alpha value is -0.780. The van der Waals surface area contributed by atoms with E-state index in [9.17, 15) is 13.2 Å². The van der Waals surface area contributed by atoms with E-state index in [1.54, 1.807) is 0 Å². The molecule has 0 aromatic heterocycles. The van der Waals surface area contributed by atoms with Crippen molar-refractivity contribution in [3.05, 3.63) is 0 Å². The summed E-state index contributed by atoms with van der Waals surface area (Å²) in [5, 5.41) is 6.94. The third-order valence-corrected chi connectivity index (χ3v) is 2.32. The molecule has 1 aliphatic rings. The third-order valence-electron chi connectivity index (χ3n) is 2.32. The molecule has 0 radical (unpaired) electrons. The van der Waals surface area contributed by atoms with Gasteiger partial charge in [0.2, 0.25) is 5.84 Å². The smallest absolute Gasteiger partial charge is 0.339 e. The van der Waals surface area contributed by atoms with Crippen molar-refractivity contribution >= 4 is 5.84 Å². The van der Waals surface area contributed by atoms with E-state index in [-0.39, 0.29) is 19.3 Å². The third kappa shape index (κ3) is 2.37. The maximum Gasteiger partial charge on any atom is 0.448 e. The van der Waals surface area contributed by atoms with Crippen LogP contribution in [0, 0.1) is 5.41 Å². The topological polar surface area (TPSA) is 30.3 Å². The van der Waals surface area contributed by atoms with Crippen LogP contribution in [0.2, 0.25) is 0 Å². The van der Waals surface area contributed by atoms with Crippen LogP contribution in [0.15, 0.2) is 0 Å². The second-order valence-electron chi connectivity index (χ2n) is 3.66. The summed E-state index contributed by atoms with van der Waals surface area (Å²) in [5.74, 6) is -1.24. The molecule has 1 fully saturated rings. The molecule has 1 saturated heterocycles. The highest BCUT2D eigenvalue weighted by molar-refractivity contribution is 5.84. The quantitative estimate of drug-likeness (QED) is 0.524. The van der Waals surface area contributed by atoms with Gasteiger partial charge in [0.15, 0.2) is 0 Å². The first kappa shape index (κ1) is 11.3. The zero-order valence-corrected chi connectivity index (χ0v) is 8.23. The molecule has 0 aliphatic carbocycles. The number of amidine groups is 1. The Morgan fingerprint density at radius 1 is 1.29 bits per heavy atom. The van der Waals surface area contributed by atoms with E-state index in [1.165, 1.54) is 0 Å². The zero-order chi connectivity index (χ0) is 10.9. The van der Waals surface area contributed by atoms with Crippen LogP contribution in [-0.4, -0.2) is 47.6 Å². The van der Waals surface area contributed by atoms with Crippen molar-refractivity contribution in [1.82, 2.24) is 9.80 Å². The van der Waals surface area contributed by atoms with Crippen molar-refractivity contribution in [2.75, 3.05) is 19.8 Å². The van der Waals surface area contributed by atoms with Crippen molar-refractivity contribution in [2.45, 2.75) is 26.1 Å². The number of hydrogen-bond acceptors (Lipinski definition) is 2. The Kier molecular flexibility index (Phi) is 3.04. The van der Waals surface area contributed by atoms with Crippen molar-refractivity contribution in [1.29, 1.82) is 5.41 Å². The Labute approximate surface area is 81.0 Å². The molecule has 0 amide bonds. The van der Waals surface area contributed by atoms with Crippen molar-refractivity contribution < 1.29 is 13.2 Å². The van der Waals surface area contributed by atoms with Gasteiger partial charge in [-0.2, -0.15) is 13.2 Å². The predicted octanol–water partition coefficient (Wildman–Crippen LogP) is 1.51. The highest BCUT2D eigenvalue weighted by atomic mass is 19.4. The molecule has 1 N–H and O–H groups in total. The molecular weight excluding hydrogens is 195 g/mol. The van der Waals surface area contributed by atoms with E-state index in [0.29, 0.717) is 6.54 Å². The standard InChI is InChI=1S/C8H14F3N3/c1-6(2)13-3-4-14(5-13)7(12)8(9,10)11/h6,12H,3-5H2,1-2H3. The second kappa shape index (κ2) is 3.76. The van der Waals surface area contributed by atoms with Gasteiger partial charge in [0.25, 0.3) is 0 Å². The number of nitrogens with one attached hydrogen (secondary N) is 1. The van der Waals surface area contributed by atoms with Crippen LogP contribution in [0.3, 0.4) is 0 Å². The lowest BCUT2D eigenvalue weighted by atomic mass is 10.3. The van der Waals surface area contributed by atoms with Gasteiger partial charge in [-0.25, -0.2) is 0 Å². The number of alkyl halides is 3. The van der Waals surface area contributed by atoms with Crippen LogP contribution >= 0.6 is 0 Å². The molecule has 0 saturated carbocycles. The molecule has 0 atom stereocenters. The molecule has 1 rings (SSSR count). The van der Waals surface area contributed by atoms with Gasteiger partial charge in [0.05, 0.1) is 6.67 Å². The maximum absolute atomic E-state index is 12.1. The van der Waals surface area contributed by atoms with Gasteiger partial charge < -0.3 is 4.90 Å². The molecule has 0 unspecified atom stereocenters. The molecule has 0 aromatic rings. The minimum absolute atomic E-state index is 0.204. The fourth-order valence-electron chi connectivity index (χ4n) is 1.39. The summed E-state index contributed by atoms with van der Waals surface area (Å²) < 4.78 is 36.4. The van der Waals surface area contributed by atoms with Crippen molar-refractivity contribution in [3.8, 4) is 0 Å². The lowest BCUT2D eigenvalue weighted by Crippen LogP contribution is -2.40. The largest absolute Gasteiger partial charge is 0.448 e. The Morgan fingerprint density at radius 3 is 2.21 bits per heavy atom. The minimum atomic E-state index is -4.52. The molecular formula is C8H14F3N3. The summed E-state index contributed by atoms with van der Waals surface area (Å²) in [7, 11) is 0. The van der Waals surface area contributed by atoms with Crippen LogP contribution in [0.5, 0.6) is 0 Å². The minimum Gasteiger partial charge on any atom is -0.339 e. The summed E-state index contributed by atoms with van der Waals surface area (Å²) in [6.07, 6.45) is -4.52. The first-order chi connectivity index (χ1) is 6.32. The molecule has 82 valence electrons. The summed E-state index contributed by atoms with van der Waals surface area (Å²) in [4.78, 5) is 2.96. The van der Waals surface area contributed by atoms with Gasteiger partial charge >= 0.3 is 6.18 Å². The number of halogens is 3. The Morgan fingerprint density at radius 2 is 1.86 bits per heavy atom. The van der Waals surface area contributed by atoms with E-state index in [1.807, 2.05) is 18.7 Å².